The van der Waals surface area contributed by atoms with Gasteiger partial charge >= 0.3 is 5.97 Å². The van der Waals surface area contributed by atoms with Crippen LogP contribution in [0.1, 0.15) is 60.0 Å². The number of aliphatic imine (C=N–C) groups is 1. The number of aromatic nitrogens is 1. The molecule has 342 valence electrons. The fraction of sp³-hybridized carbons (Fsp3) is 0.350. The van der Waals surface area contributed by atoms with Crippen molar-refractivity contribution in [1.29, 1.82) is 0 Å². The van der Waals surface area contributed by atoms with Crippen LogP contribution in [0.15, 0.2) is 87.9 Å². The summed E-state index contributed by atoms with van der Waals surface area (Å²) in [5.41, 5.74) is 14.4. The molecule has 4 atom stereocenters. The molecule has 24 heteroatoms. The van der Waals surface area contributed by atoms with E-state index in [1.165, 1.54) is 42.7 Å². The highest BCUT2D eigenvalue weighted by atomic mass is 32.2. The third-order valence-corrected chi connectivity index (χ3v) is 10.3. The summed E-state index contributed by atoms with van der Waals surface area (Å²) in [7, 11) is -4.48. The molecule has 64 heavy (non-hydrogen) atoms. The van der Waals surface area contributed by atoms with Gasteiger partial charge < -0.3 is 48.5 Å². The number of amides is 6. The number of guanidine groups is 1. The van der Waals surface area contributed by atoms with Crippen LogP contribution in [0.4, 0.5) is 5.82 Å². The van der Waals surface area contributed by atoms with Gasteiger partial charge in [0.1, 0.15) is 34.9 Å². The van der Waals surface area contributed by atoms with Crippen molar-refractivity contribution in [2.24, 2.45) is 21.6 Å². The Kier molecular flexibility index (Phi) is 18.6. The first kappa shape index (κ1) is 49.2. The second-order valence-corrected chi connectivity index (χ2v) is 15.7. The molecule has 4 rings (SSSR count). The minimum Gasteiger partial charge on any atom is -0.481 e. The molecule has 2 heterocycles. The second kappa shape index (κ2) is 24.2. The van der Waals surface area contributed by atoms with Crippen molar-refractivity contribution in [2.45, 2.75) is 74.0 Å². The molecule has 0 radical (unpaired) electrons. The topological polar surface area (TPSA) is 368 Å². The smallest absolute Gasteiger partial charge is 0.305 e. The Labute approximate surface area is 367 Å². The highest BCUT2D eigenvalue weighted by Crippen LogP contribution is 2.14. The third kappa shape index (κ3) is 16.4. The Morgan fingerprint density at radius 3 is 2.11 bits per heavy atom. The lowest BCUT2D eigenvalue weighted by atomic mass is 10.0. The molecule has 0 saturated carbocycles. The van der Waals surface area contributed by atoms with Gasteiger partial charge in [0, 0.05) is 31.3 Å². The van der Waals surface area contributed by atoms with Crippen molar-refractivity contribution in [3.8, 4) is 0 Å². The predicted octanol–water partition coefficient (Wildman–Crippen LogP) is -1.49. The van der Waals surface area contributed by atoms with E-state index in [-0.39, 0.29) is 79.4 Å². The van der Waals surface area contributed by atoms with E-state index in [1.54, 1.807) is 36.4 Å². The van der Waals surface area contributed by atoms with E-state index in [0.717, 1.165) is 0 Å². The summed E-state index contributed by atoms with van der Waals surface area (Å²) in [6.45, 7) is -0.448. The lowest BCUT2D eigenvalue weighted by Gasteiger charge is -2.26. The summed E-state index contributed by atoms with van der Waals surface area (Å²) in [4.78, 5) is 99.8. The summed E-state index contributed by atoms with van der Waals surface area (Å²) >= 11 is 0. The SMILES string of the molecule is NC(N)=NCCC[C@@H]1NC(=O)CNC(=O)[C@@H](CC(=O)O)NC(=O)[C@@H](CCCCNC(=O)c2ccc(NN=Cc3ccccc3S(=O)(=O)O)nc2)NC(=O)[C@@H](Cc2ccccc2)NC1=O. The Balaban J connectivity index is 1.45. The molecule has 6 amide bonds. The molecular formula is C40H50N12O11S. The first-order valence-electron chi connectivity index (χ1n) is 19.9. The maximum atomic E-state index is 14.0. The number of pyridine rings is 1. The molecule has 1 aliphatic heterocycles. The van der Waals surface area contributed by atoms with Crippen LogP contribution in [0.2, 0.25) is 0 Å². The van der Waals surface area contributed by atoms with Crippen molar-refractivity contribution in [1.82, 2.24) is 36.9 Å². The minimum atomic E-state index is -4.48. The summed E-state index contributed by atoms with van der Waals surface area (Å²) < 4.78 is 32.6. The Morgan fingerprint density at radius 1 is 0.797 bits per heavy atom. The first-order chi connectivity index (χ1) is 30.5. The number of carboxylic acid groups (broad SMARTS) is 1. The zero-order chi connectivity index (χ0) is 46.6. The van der Waals surface area contributed by atoms with E-state index >= 15 is 0 Å². The van der Waals surface area contributed by atoms with E-state index in [0.29, 0.717) is 5.56 Å². The number of aliphatic carboxylic acids is 1. The van der Waals surface area contributed by atoms with Crippen LogP contribution in [-0.4, -0.2) is 120 Å². The molecule has 13 N–H and O–H groups in total. The number of rotatable bonds is 18. The average molecular weight is 907 g/mol. The highest BCUT2D eigenvalue weighted by Gasteiger charge is 2.33. The number of benzene rings is 2. The Morgan fingerprint density at radius 2 is 1.44 bits per heavy atom. The number of nitrogens with one attached hydrogen (secondary N) is 7. The molecule has 1 fully saturated rings. The average Bonchev–Trinajstić information content (AvgIpc) is 3.25. The minimum absolute atomic E-state index is 0.0246. The number of nitrogens with zero attached hydrogens (tertiary/aromatic N) is 3. The van der Waals surface area contributed by atoms with Gasteiger partial charge in [-0.25, -0.2) is 4.98 Å². The molecule has 1 aliphatic rings. The first-order valence-corrected chi connectivity index (χ1v) is 21.3. The van der Waals surface area contributed by atoms with Gasteiger partial charge in [0.05, 0.1) is 24.7 Å². The van der Waals surface area contributed by atoms with E-state index in [2.05, 4.69) is 52.4 Å². The van der Waals surface area contributed by atoms with Gasteiger partial charge in [0.2, 0.25) is 29.5 Å². The third-order valence-electron chi connectivity index (χ3n) is 9.39. The van der Waals surface area contributed by atoms with Crippen molar-refractivity contribution in [3.05, 3.63) is 89.6 Å². The molecule has 0 unspecified atom stereocenters. The number of hydrogen-bond acceptors (Lipinski definition) is 13. The van der Waals surface area contributed by atoms with Crippen LogP contribution in [0.5, 0.6) is 0 Å². The fourth-order valence-electron chi connectivity index (χ4n) is 6.20. The van der Waals surface area contributed by atoms with Crippen LogP contribution in [0.25, 0.3) is 0 Å². The molecule has 1 saturated heterocycles. The van der Waals surface area contributed by atoms with E-state index < -0.39 is 88.7 Å². The van der Waals surface area contributed by atoms with Crippen LogP contribution in [0.3, 0.4) is 0 Å². The molecule has 0 aliphatic carbocycles. The molecule has 2 aromatic carbocycles. The van der Waals surface area contributed by atoms with Crippen molar-refractivity contribution in [2.75, 3.05) is 25.1 Å². The number of carbonyl (C=O) groups is 7. The van der Waals surface area contributed by atoms with Gasteiger partial charge in [0.15, 0.2) is 5.96 Å². The lowest BCUT2D eigenvalue weighted by Crippen LogP contribution is -2.58. The van der Waals surface area contributed by atoms with Crippen molar-refractivity contribution in [3.63, 3.8) is 0 Å². The summed E-state index contributed by atoms with van der Waals surface area (Å²) in [6.07, 6.45) is 2.28. The maximum Gasteiger partial charge on any atom is 0.305 e. The summed E-state index contributed by atoms with van der Waals surface area (Å²) in [5.74, 6) is -6.15. The quantitative estimate of drug-likeness (QED) is 0.0228. The van der Waals surface area contributed by atoms with E-state index in [4.69, 9.17) is 11.5 Å². The largest absolute Gasteiger partial charge is 0.481 e. The number of hydrogen-bond donors (Lipinski definition) is 11. The van der Waals surface area contributed by atoms with Crippen molar-refractivity contribution < 1.29 is 51.6 Å². The van der Waals surface area contributed by atoms with Gasteiger partial charge in [-0.3, -0.25) is 48.5 Å². The maximum absolute atomic E-state index is 14.0. The molecule has 23 nitrogen and oxygen atoms in total. The summed E-state index contributed by atoms with van der Waals surface area (Å²) in [6, 6.07) is 11.8. The molecule has 0 spiro atoms. The number of anilines is 1. The predicted molar refractivity (Wildman–Crippen MR) is 231 cm³/mol. The molecule has 1 aromatic heterocycles. The van der Waals surface area contributed by atoms with Crippen LogP contribution in [-0.2, 0) is 45.3 Å². The van der Waals surface area contributed by atoms with Gasteiger partial charge in [-0.15, -0.1) is 0 Å². The summed E-state index contributed by atoms with van der Waals surface area (Å²) in [5, 5.41) is 28.7. The van der Waals surface area contributed by atoms with Crippen LogP contribution < -0.4 is 48.8 Å². The number of unbranched alkanes of at least 4 members (excludes halogenated alkanes) is 1. The Bertz CT molecular complexity index is 2310. The number of carboxylic acids is 1. The van der Waals surface area contributed by atoms with E-state index in [9.17, 15) is 51.6 Å². The monoisotopic (exact) mass is 906 g/mol. The lowest BCUT2D eigenvalue weighted by molar-refractivity contribution is -0.141. The van der Waals surface area contributed by atoms with Crippen LogP contribution >= 0.6 is 0 Å². The molecule has 3 aromatic rings. The number of hydrazone groups is 1. The molecule has 0 bridgehead atoms. The fourth-order valence-corrected chi connectivity index (χ4v) is 6.87. The normalized spacial score (nSPS) is 18.8. The number of carbonyl (C=O) groups excluding carboxylic acids is 6. The molecular weight excluding hydrogens is 857 g/mol. The zero-order valence-electron chi connectivity index (χ0n) is 34.4. The standard InChI is InChI=1S/C40H50N12O11S/c41-40(42)44-18-8-13-27-37(58)50-29(19-24-9-2-1-3-10-24)39(60)49-28(38(59)51-30(20-34(54)55)36(57)46-23-33(53)48-27)12-6-7-17-43-35(56)26-15-16-32(45-21-26)52-47-22-25-11-4-5-14-31(25)64(61,62)63/h1-5,9-11,14-16,21-22,27-30H,6-8,12-13,17-20,23H2,(H,43,56)(H,45,52)(H,46,57)(H,48,53)(H,49,60)(H,50,58)(H,51,59)(H,54,55)(H4,41,42,44)(H,61,62,63)/t27-,28+,29+,30+/m0/s1. The van der Waals surface area contributed by atoms with Crippen molar-refractivity contribution >= 4 is 69.5 Å². The number of nitrogens with two attached hydrogens (primary N) is 2. The Hall–Kier alpha value is -7.47. The van der Waals surface area contributed by atoms with Crippen LogP contribution in [0, 0.1) is 0 Å². The zero-order valence-corrected chi connectivity index (χ0v) is 35.2. The highest BCUT2D eigenvalue weighted by molar-refractivity contribution is 7.86. The van der Waals surface area contributed by atoms with Gasteiger partial charge in [-0.2, -0.15) is 13.5 Å². The second-order valence-electron chi connectivity index (χ2n) is 14.3. The van der Waals surface area contributed by atoms with E-state index in [1.807, 2.05) is 0 Å². The van der Waals surface area contributed by atoms with Gasteiger partial charge in [0.25, 0.3) is 16.0 Å². The van der Waals surface area contributed by atoms with Gasteiger partial charge in [-0.05, 0) is 55.9 Å². The van der Waals surface area contributed by atoms with Gasteiger partial charge in [-0.1, -0.05) is 48.5 Å².